The molecule has 0 bridgehead atoms. The van der Waals surface area contributed by atoms with Crippen LogP contribution in [0.4, 0.5) is 0 Å². The summed E-state index contributed by atoms with van der Waals surface area (Å²) >= 11 is 0. The van der Waals surface area contributed by atoms with Gasteiger partial charge in [-0.3, -0.25) is 29.4 Å². The van der Waals surface area contributed by atoms with E-state index in [9.17, 15) is 19.2 Å². The Morgan fingerprint density at radius 1 is 1.07 bits per heavy atom. The van der Waals surface area contributed by atoms with Crippen LogP contribution in [0.2, 0.25) is 0 Å². The molecule has 154 valence electrons. The van der Waals surface area contributed by atoms with Crippen LogP contribution in [0.3, 0.4) is 0 Å². The van der Waals surface area contributed by atoms with Crippen LogP contribution >= 0.6 is 0 Å². The number of fused-ring (bicyclic) bond motifs is 1. The fraction of sp³-hybridized carbons (Fsp3) is 0.524. The molecule has 2 saturated heterocycles. The lowest BCUT2D eigenvalue weighted by Gasteiger charge is -2.33. The summed E-state index contributed by atoms with van der Waals surface area (Å²) in [6.07, 6.45) is 2.27. The molecule has 2 fully saturated rings. The number of nitrogens with one attached hydrogen (secondary N) is 3. The molecule has 3 heterocycles. The van der Waals surface area contributed by atoms with Crippen LogP contribution in [0.1, 0.15) is 65.8 Å². The van der Waals surface area contributed by atoms with Gasteiger partial charge in [0.05, 0.1) is 11.1 Å². The van der Waals surface area contributed by atoms with Crippen LogP contribution in [0.5, 0.6) is 0 Å². The van der Waals surface area contributed by atoms with E-state index < -0.39 is 23.8 Å². The number of rotatable bonds is 4. The summed E-state index contributed by atoms with van der Waals surface area (Å²) in [6, 6.07) is 5.47. The summed E-state index contributed by atoms with van der Waals surface area (Å²) in [6.45, 7) is 4.80. The highest BCUT2D eigenvalue weighted by Gasteiger charge is 2.45. The van der Waals surface area contributed by atoms with E-state index in [1.165, 1.54) is 0 Å². The van der Waals surface area contributed by atoms with Gasteiger partial charge in [-0.25, -0.2) is 0 Å². The second-order valence-corrected chi connectivity index (χ2v) is 8.30. The normalized spacial score (nSPS) is 29.8. The van der Waals surface area contributed by atoms with Crippen LogP contribution in [-0.4, -0.2) is 52.7 Å². The molecule has 1 aromatic carbocycles. The molecule has 4 atom stereocenters. The zero-order valence-corrected chi connectivity index (χ0v) is 16.7. The lowest BCUT2D eigenvalue weighted by atomic mass is 9.94. The number of hydrogen-bond donors (Lipinski definition) is 3. The predicted octanol–water partition coefficient (Wildman–Crippen LogP) is 0.706. The first-order valence-electron chi connectivity index (χ1n) is 10.2. The van der Waals surface area contributed by atoms with Crippen molar-refractivity contribution in [1.29, 1.82) is 0 Å². The zero-order chi connectivity index (χ0) is 20.7. The lowest BCUT2D eigenvalue weighted by Crippen LogP contribution is -2.54. The monoisotopic (exact) mass is 398 g/mol. The molecule has 0 aromatic heterocycles. The Morgan fingerprint density at radius 3 is 2.48 bits per heavy atom. The van der Waals surface area contributed by atoms with Crippen LogP contribution in [0, 0.1) is 0 Å². The zero-order valence-electron chi connectivity index (χ0n) is 16.7. The molecule has 1 aromatic rings. The Balaban J connectivity index is 1.53. The molecule has 3 aliphatic rings. The minimum Gasteiger partial charge on any atom is -0.312 e. The highest BCUT2D eigenvalue weighted by atomic mass is 16.2. The topological polar surface area (TPSA) is 108 Å². The molecule has 29 heavy (non-hydrogen) atoms. The highest BCUT2D eigenvalue weighted by Crippen LogP contribution is 2.30. The second kappa shape index (κ2) is 7.68. The van der Waals surface area contributed by atoms with Crippen LogP contribution in [-0.2, 0) is 16.1 Å². The maximum atomic E-state index is 13.1. The van der Waals surface area contributed by atoms with Crippen molar-refractivity contribution < 1.29 is 19.2 Å². The van der Waals surface area contributed by atoms with E-state index in [-0.39, 0.29) is 18.7 Å². The van der Waals surface area contributed by atoms with Gasteiger partial charge in [-0.2, -0.15) is 0 Å². The third kappa shape index (κ3) is 3.70. The number of nitrogens with zero attached hydrogens (tertiary/aromatic N) is 1. The molecule has 2 unspecified atom stereocenters. The van der Waals surface area contributed by atoms with E-state index >= 15 is 0 Å². The van der Waals surface area contributed by atoms with Crippen LogP contribution in [0.25, 0.3) is 0 Å². The quantitative estimate of drug-likeness (QED) is 0.645. The van der Waals surface area contributed by atoms with E-state index in [0.717, 1.165) is 23.3 Å². The van der Waals surface area contributed by atoms with Gasteiger partial charge < -0.3 is 10.6 Å². The van der Waals surface area contributed by atoms with Crippen molar-refractivity contribution in [2.45, 2.75) is 70.2 Å². The Bertz CT molecular complexity index is 873. The average Bonchev–Trinajstić information content (AvgIpc) is 2.91. The standard InChI is InChI=1S/C21H26N4O4/c1-11-8-14(9-12(2)23-11)22-10-13-4-3-5-15-18(13)21(29)25(20(15)28)16-6-7-17(26)24-19(16)27/h3-5,11-12,14,16,22-23H,6-10H2,1-2H3,(H,24,26,27)/t11-,12+,14?,16?. The summed E-state index contributed by atoms with van der Waals surface area (Å²) in [5, 5.41) is 9.25. The van der Waals surface area contributed by atoms with Crippen molar-refractivity contribution in [2.24, 2.45) is 0 Å². The fourth-order valence-corrected chi connectivity index (χ4v) is 4.72. The Hall–Kier alpha value is -2.58. The van der Waals surface area contributed by atoms with Crippen molar-refractivity contribution in [1.82, 2.24) is 20.9 Å². The SMILES string of the molecule is C[C@@H]1CC(NCc2cccc3c2C(=O)N(C2CCC(=O)NC2=O)C3=O)C[C@H](C)N1. The van der Waals surface area contributed by atoms with Crippen molar-refractivity contribution in [3.8, 4) is 0 Å². The fourth-order valence-electron chi connectivity index (χ4n) is 4.72. The van der Waals surface area contributed by atoms with Crippen molar-refractivity contribution in [3.63, 3.8) is 0 Å². The number of carbonyl (C=O) groups excluding carboxylic acids is 4. The molecule has 0 aliphatic carbocycles. The van der Waals surface area contributed by atoms with Gasteiger partial charge in [0.1, 0.15) is 6.04 Å². The summed E-state index contributed by atoms with van der Waals surface area (Å²) in [5.41, 5.74) is 1.45. The summed E-state index contributed by atoms with van der Waals surface area (Å²) in [4.78, 5) is 50.7. The van der Waals surface area contributed by atoms with Gasteiger partial charge in [0.15, 0.2) is 0 Å². The number of hydrogen-bond acceptors (Lipinski definition) is 6. The van der Waals surface area contributed by atoms with E-state index in [2.05, 4.69) is 29.8 Å². The van der Waals surface area contributed by atoms with Gasteiger partial charge in [-0.05, 0) is 44.7 Å². The maximum absolute atomic E-state index is 13.1. The summed E-state index contributed by atoms with van der Waals surface area (Å²) < 4.78 is 0. The molecular weight excluding hydrogens is 372 g/mol. The summed E-state index contributed by atoms with van der Waals surface area (Å²) in [5.74, 6) is -1.89. The largest absolute Gasteiger partial charge is 0.312 e. The van der Waals surface area contributed by atoms with Gasteiger partial charge in [-0.1, -0.05) is 12.1 Å². The second-order valence-electron chi connectivity index (χ2n) is 8.30. The van der Waals surface area contributed by atoms with Gasteiger partial charge in [0.2, 0.25) is 11.8 Å². The first kappa shape index (κ1) is 19.7. The van der Waals surface area contributed by atoms with E-state index in [1.54, 1.807) is 12.1 Å². The molecule has 0 spiro atoms. The van der Waals surface area contributed by atoms with E-state index in [4.69, 9.17) is 0 Å². The molecule has 8 nitrogen and oxygen atoms in total. The number of benzene rings is 1. The Kier molecular flexibility index (Phi) is 5.23. The first-order chi connectivity index (χ1) is 13.8. The molecular formula is C21H26N4O4. The van der Waals surface area contributed by atoms with Crippen LogP contribution in [0.15, 0.2) is 18.2 Å². The van der Waals surface area contributed by atoms with Crippen molar-refractivity contribution >= 4 is 23.6 Å². The highest BCUT2D eigenvalue weighted by molar-refractivity contribution is 6.24. The smallest absolute Gasteiger partial charge is 0.262 e. The molecule has 8 heteroatoms. The molecule has 3 N–H and O–H groups in total. The number of carbonyl (C=O) groups is 4. The molecule has 4 rings (SSSR count). The van der Waals surface area contributed by atoms with Gasteiger partial charge >= 0.3 is 0 Å². The van der Waals surface area contributed by atoms with Gasteiger partial charge in [0, 0.05) is 31.1 Å². The van der Waals surface area contributed by atoms with Crippen LogP contribution < -0.4 is 16.0 Å². The van der Waals surface area contributed by atoms with Gasteiger partial charge in [-0.15, -0.1) is 0 Å². The molecule has 3 aliphatic heterocycles. The minimum absolute atomic E-state index is 0.115. The lowest BCUT2D eigenvalue weighted by molar-refractivity contribution is -0.136. The maximum Gasteiger partial charge on any atom is 0.262 e. The van der Waals surface area contributed by atoms with Crippen molar-refractivity contribution in [3.05, 3.63) is 34.9 Å². The summed E-state index contributed by atoms with van der Waals surface area (Å²) in [7, 11) is 0. The average molecular weight is 398 g/mol. The number of imide groups is 2. The number of amides is 4. The number of piperidine rings is 2. The predicted molar refractivity (Wildman–Crippen MR) is 105 cm³/mol. The van der Waals surface area contributed by atoms with Gasteiger partial charge in [0.25, 0.3) is 11.8 Å². The van der Waals surface area contributed by atoms with Crippen molar-refractivity contribution in [2.75, 3.05) is 0 Å². The molecule has 0 radical (unpaired) electrons. The molecule has 4 amide bonds. The van der Waals surface area contributed by atoms with E-state index in [0.29, 0.717) is 35.8 Å². The Labute approximate surface area is 169 Å². The van der Waals surface area contributed by atoms with E-state index in [1.807, 2.05) is 6.07 Å². The third-order valence-electron chi connectivity index (χ3n) is 5.98. The Morgan fingerprint density at radius 2 is 1.79 bits per heavy atom. The third-order valence-corrected chi connectivity index (χ3v) is 5.98. The first-order valence-corrected chi connectivity index (χ1v) is 10.2. The molecule has 0 saturated carbocycles. The minimum atomic E-state index is -0.938.